The number of nitrogens with one attached hydrogen (secondary N) is 1. The molecule has 0 aliphatic carbocycles. The number of nitrogens with zero attached hydrogens (tertiary/aromatic N) is 2. The summed E-state index contributed by atoms with van der Waals surface area (Å²) in [6.45, 7) is 1.99. The van der Waals surface area contributed by atoms with Gasteiger partial charge in [0.05, 0.1) is 12.6 Å². The summed E-state index contributed by atoms with van der Waals surface area (Å²) in [6.07, 6.45) is 2.70. The third-order valence-electron chi connectivity index (χ3n) is 3.46. The van der Waals surface area contributed by atoms with E-state index in [4.69, 9.17) is 10.5 Å². The molecular weight excluding hydrogens is 244 g/mol. The summed E-state index contributed by atoms with van der Waals surface area (Å²) in [7, 11) is 1.36. The molecule has 2 aromatic rings. The Bertz CT molecular complexity index is 631. The highest BCUT2D eigenvalue weighted by atomic mass is 16.5. The van der Waals surface area contributed by atoms with Crippen molar-refractivity contribution in [1.29, 1.82) is 0 Å². The summed E-state index contributed by atoms with van der Waals surface area (Å²) in [4.78, 5) is 16.2. The number of nitrogens with two attached hydrogens (primary N) is 1. The largest absolute Gasteiger partial charge is 0.464 e. The third-order valence-corrected chi connectivity index (χ3v) is 3.46. The van der Waals surface area contributed by atoms with Crippen molar-refractivity contribution in [2.75, 3.05) is 25.9 Å². The van der Waals surface area contributed by atoms with Crippen molar-refractivity contribution in [1.82, 2.24) is 14.7 Å². The second-order valence-corrected chi connectivity index (χ2v) is 4.81. The Labute approximate surface area is 110 Å². The Morgan fingerprint density at radius 1 is 1.63 bits per heavy atom. The number of esters is 1. The van der Waals surface area contributed by atoms with Crippen LogP contribution in [0.1, 0.15) is 16.3 Å². The van der Waals surface area contributed by atoms with Crippen molar-refractivity contribution in [2.24, 2.45) is 5.92 Å². The average Bonchev–Trinajstić information content (AvgIpc) is 2.71. The number of aromatic nitrogens is 2. The fraction of sp³-hybridized carbons (Fsp3) is 0.385. The molecule has 3 rings (SSSR count). The van der Waals surface area contributed by atoms with E-state index in [2.05, 4.69) is 10.3 Å². The van der Waals surface area contributed by atoms with Crippen LogP contribution in [-0.2, 0) is 11.2 Å². The van der Waals surface area contributed by atoms with Crippen LogP contribution in [-0.4, -0.2) is 35.6 Å². The fourth-order valence-electron chi connectivity index (χ4n) is 2.31. The van der Waals surface area contributed by atoms with Gasteiger partial charge in [0.15, 0.2) is 5.69 Å². The number of hydrogen-bond donors (Lipinski definition) is 2. The number of fused-ring (bicyclic) bond motifs is 1. The van der Waals surface area contributed by atoms with Gasteiger partial charge >= 0.3 is 5.97 Å². The van der Waals surface area contributed by atoms with E-state index >= 15 is 0 Å². The molecule has 19 heavy (non-hydrogen) atoms. The van der Waals surface area contributed by atoms with Crippen LogP contribution in [0, 0.1) is 5.92 Å². The zero-order valence-electron chi connectivity index (χ0n) is 10.7. The molecule has 1 saturated heterocycles. The van der Waals surface area contributed by atoms with Crippen LogP contribution in [0.4, 0.5) is 5.69 Å². The Hall–Kier alpha value is -2.08. The van der Waals surface area contributed by atoms with Crippen LogP contribution >= 0.6 is 0 Å². The van der Waals surface area contributed by atoms with Crippen LogP contribution in [0.15, 0.2) is 18.3 Å². The second-order valence-electron chi connectivity index (χ2n) is 4.81. The lowest BCUT2D eigenvalue weighted by molar-refractivity contribution is 0.0596. The molecule has 1 aliphatic rings. The van der Waals surface area contributed by atoms with E-state index in [0.29, 0.717) is 22.8 Å². The Balaban J connectivity index is 2.08. The highest BCUT2D eigenvalue weighted by Gasteiger charge is 2.23. The molecule has 0 aromatic carbocycles. The fourth-order valence-corrected chi connectivity index (χ4v) is 2.31. The van der Waals surface area contributed by atoms with Crippen LogP contribution in [0.2, 0.25) is 0 Å². The van der Waals surface area contributed by atoms with Crippen molar-refractivity contribution < 1.29 is 9.53 Å². The van der Waals surface area contributed by atoms with Gasteiger partial charge in [-0.1, -0.05) is 0 Å². The summed E-state index contributed by atoms with van der Waals surface area (Å²) < 4.78 is 6.69. The number of methoxy groups -OCH3 is 1. The standard InChI is InChI=1S/C13H16N4O2/c1-19-13(18)12-10-5-9(14)2-3-17(10)11(16-12)4-8-6-15-7-8/h2-3,5,8,15H,4,6-7,14H2,1H3. The first-order valence-corrected chi connectivity index (χ1v) is 6.24. The van der Waals surface area contributed by atoms with Gasteiger partial charge < -0.3 is 20.2 Å². The molecule has 100 valence electrons. The van der Waals surface area contributed by atoms with Crippen molar-refractivity contribution in [3.8, 4) is 0 Å². The lowest BCUT2D eigenvalue weighted by Crippen LogP contribution is -2.43. The van der Waals surface area contributed by atoms with E-state index in [-0.39, 0.29) is 0 Å². The van der Waals surface area contributed by atoms with Gasteiger partial charge in [-0.25, -0.2) is 9.78 Å². The molecule has 3 N–H and O–H groups in total. The molecule has 0 bridgehead atoms. The van der Waals surface area contributed by atoms with E-state index in [1.165, 1.54) is 7.11 Å². The first-order valence-electron chi connectivity index (χ1n) is 6.24. The normalized spacial score (nSPS) is 15.4. The number of carbonyl (C=O) groups is 1. The molecule has 0 amide bonds. The lowest BCUT2D eigenvalue weighted by Gasteiger charge is -2.26. The first-order chi connectivity index (χ1) is 9.19. The number of imidazole rings is 1. The van der Waals surface area contributed by atoms with Crippen LogP contribution < -0.4 is 11.1 Å². The monoisotopic (exact) mass is 260 g/mol. The van der Waals surface area contributed by atoms with Crippen molar-refractivity contribution >= 4 is 17.2 Å². The van der Waals surface area contributed by atoms with Crippen molar-refractivity contribution in [3.05, 3.63) is 29.8 Å². The third kappa shape index (κ3) is 2.04. The number of anilines is 1. The first kappa shape index (κ1) is 12.0. The summed E-state index contributed by atoms with van der Waals surface area (Å²) >= 11 is 0. The van der Waals surface area contributed by atoms with Crippen LogP contribution in [0.5, 0.6) is 0 Å². The Morgan fingerprint density at radius 2 is 2.42 bits per heavy atom. The van der Waals surface area contributed by atoms with E-state index in [1.807, 2.05) is 10.6 Å². The highest BCUT2D eigenvalue weighted by molar-refractivity contribution is 5.95. The van der Waals surface area contributed by atoms with Crippen molar-refractivity contribution in [3.63, 3.8) is 0 Å². The van der Waals surface area contributed by atoms with E-state index < -0.39 is 5.97 Å². The van der Waals surface area contributed by atoms with Gasteiger partial charge in [-0.3, -0.25) is 0 Å². The molecule has 6 heteroatoms. The molecule has 0 unspecified atom stereocenters. The smallest absolute Gasteiger partial charge is 0.358 e. The van der Waals surface area contributed by atoms with E-state index in [0.717, 1.165) is 25.3 Å². The zero-order valence-corrected chi connectivity index (χ0v) is 10.7. The van der Waals surface area contributed by atoms with Gasteiger partial charge in [-0.15, -0.1) is 0 Å². The topological polar surface area (TPSA) is 81.6 Å². The molecule has 0 atom stereocenters. The second kappa shape index (κ2) is 4.55. The van der Waals surface area contributed by atoms with E-state index in [9.17, 15) is 4.79 Å². The van der Waals surface area contributed by atoms with Gasteiger partial charge in [-0.05, 0) is 31.1 Å². The number of carbonyl (C=O) groups excluding carboxylic acids is 1. The molecule has 2 aromatic heterocycles. The molecule has 0 spiro atoms. The molecule has 6 nitrogen and oxygen atoms in total. The van der Waals surface area contributed by atoms with Gasteiger partial charge in [0.25, 0.3) is 0 Å². The minimum Gasteiger partial charge on any atom is -0.464 e. The molecular formula is C13H16N4O2. The summed E-state index contributed by atoms with van der Waals surface area (Å²) in [6, 6.07) is 3.56. The van der Waals surface area contributed by atoms with Crippen LogP contribution in [0.25, 0.3) is 5.52 Å². The number of nitrogen functional groups attached to an aromatic ring is 1. The predicted molar refractivity (Wildman–Crippen MR) is 71.0 cm³/mol. The molecule has 0 radical (unpaired) electrons. The molecule has 1 fully saturated rings. The Kier molecular flexibility index (Phi) is 2.87. The average molecular weight is 260 g/mol. The SMILES string of the molecule is COC(=O)c1nc(CC2CNC2)n2ccc(N)cc12. The molecule has 0 saturated carbocycles. The highest BCUT2D eigenvalue weighted by Crippen LogP contribution is 2.20. The number of ether oxygens (including phenoxy) is 1. The summed E-state index contributed by atoms with van der Waals surface area (Å²) in [5, 5.41) is 3.23. The number of hydrogen-bond acceptors (Lipinski definition) is 5. The van der Waals surface area contributed by atoms with Gasteiger partial charge in [0, 0.05) is 18.3 Å². The minimum absolute atomic E-state index is 0.331. The molecule has 3 heterocycles. The molecule has 1 aliphatic heterocycles. The lowest BCUT2D eigenvalue weighted by atomic mass is 9.99. The van der Waals surface area contributed by atoms with Gasteiger partial charge in [-0.2, -0.15) is 0 Å². The van der Waals surface area contributed by atoms with Gasteiger partial charge in [0.2, 0.25) is 0 Å². The van der Waals surface area contributed by atoms with E-state index in [1.54, 1.807) is 12.1 Å². The minimum atomic E-state index is -0.430. The van der Waals surface area contributed by atoms with Gasteiger partial charge in [0.1, 0.15) is 5.82 Å². The quantitative estimate of drug-likeness (QED) is 0.784. The summed E-state index contributed by atoms with van der Waals surface area (Å²) in [5.41, 5.74) is 7.42. The maximum absolute atomic E-state index is 11.8. The Morgan fingerprint density at radius 3 is 3.05 bits per heavy atom. The summed E-state index contributed by atoms with van der Waals surface area (Å²) in [5.74, 6) is 1.02. The zero-order chi connectivity index (χ0) is 13.4. The predicted octanol–water partition coefficient (Wildman–Crippen LogP) is 0.465. The number of pyridine rings is 1. The number of rotatable bonds is 3. The van der Waals surface area contributed by atoms with Crippen molar-refractivity contribution in [2.45, 2.75) is 6.42 Å². The maximum atomic E-state index is 11.8. The maximum Gasteiger partial charge on any atom is 0.358 e. The van der Waals surface area contributed by atoms with Crippen LogP contribution in [0.3, 0.4) is 0 Å².